The van der Waals surface area contributed by atoms with Gasteiger partial charge in [-0.15, -0.1) is 0 Å². The minimum absolute atomic E-state index is 0.0684. The standard InChI is InChI=1S/C21H21NO5/c1-2-3-11-25-21(24)17(22-20(23)16-7-5-4-6-8-16)12-15-9-10-18-19(13-15)27-14-26-18/h4-10,12-13H,2-3,11,14H2,1H3,(H,22,23)/b17-12+. The predicted molar refractivity (Wildman–Crippen MR) is 100 cm³/mol. The van der Waals surface area contributed by atoms with Crippen molar-refractivity contribution in [1.82, 2.24) is 5.32 Å². The lowest BCUT2D eigenvalue weighted by Gasteiger charge is -2.10. The highest BCUT2D eigenvalue weighted by Crippen LogP contribution is 2.33. The van der Waals surface area contributed by atoms with Crippen molar-refractivity contribution in [1.29, 1.82) is 0 Å². The van der Waals surface area contributed by atoms with Crippen molar-refractivity contribution in [3.8, 4) is 11.5 Å². The van der Waals surface area contributed by atoms with Crippen molar-refractivity contribution in [2.75, 3.05) is 13.4 Å². The van der Waals surface area contributed by atoms with Crippen LogP contribution in [0.15, 0.2) is 54.2 Å². The Morgan fingerprint density at radius 2 is 1.89 bits per heavy atom. The van der Waals surface area contributed by atoms with Crippen LogP contribution < -0.4 is 14.8 Å². The first kappa shape index (κ1) is 18.5. The van der Waals surface area contributed by atoms with Gasteiger partial charge in [0.2, 0.25) is 6.79 Å². The third-order valence-electron chi connectivity index (χ3n) is 3.94. The normalized spacial score (nSPS) is 12.6. The molecule has 3 rings (SSSR count). The summed E-state index contributed by atoms with van der Waals surface area (Å²) >= 11 is 0. The van der Waals surface area contributed by atoms with E-state index < -0.39 is 5.97 Å². The summed E-state index contributed by atoms with van der Waals surface area (Å²) in [6, 6.07) is 14.0. The van der Waals surface area contributed by atoms with Crippen molar-refractivity contribution < 1.29 is 23.8 Å². The number of carbonyl (C=O) groups excluding carboxylic acids is 2. The number of hydrogen-bond donors (Lipinski definition) is 1. The third kappa shape index (κ3) is 4.88. The average molecular weight is 367 g/mol. The van der Waals surface area contributed by atoms with Gasteiger partial charge in [0, 0.05) is 5.56 Å². The zero-order valence-corrected chi connectivity index (χ0v) is 15.1. The molecule has 1 amide bonds. The van der Waals surface area contributed by atoms with Crippen LogP contribution in [0.3, 0.4) is 0 Å². The SMILES string of the molecule is CCCCOC(=O)/C(=C\c1ccc2c(c1)OCO2)NC(=O)c1ccccc1. The molecular weight excluding hydrogens is 346 g/mol. The second kappa shape index (κ2) is 8.89. The van der Waals surface area contributed by atoms with E-state index in [1.165, 1.54) is 0 Å². The Balaban J connectivity index is 1.82. The molecule has 0 radical (unpaired) electrons. The van der Waals surface area contributed by atoms with Crippen molar-refractivity contribution in [3.05, 3.63) is 65.4 Å². The highest BCUT2D eigenvalue weighted by molar-refractivity contribution is 6.03. The van der Waals surface area contributed by atoms with E-state index in [-0.39, 0.29) is 18.4 Å². The Morgan fingerprint density at radius 3 is 2.67 bits per heavy atom. The van der Waals surface area contributed by atoms with Crippen LogP contribution in [0.2, 0.25) is 0 Å². The number of carbonyl (C=O) groups is 2. The Kier molecular flexibility index (Phi) is 6.10. The topological polar surface area (TPSA) is 73.9 Å². The summed E-state index contributed by atoms with van der Waals surface area (Å²) < 4.78 is 15.9. The van der Waals surface area contributed by atoms with Crippen LogP contribution in [0.4, 0.5) is 0 Å². The average Bonchev–Trinajstić information content (AvgIpc) is 3.16. The molecule has 0 spiro atoms. The molecule has 0 aliphatic carbocycles. The molecule has 2 aromatic rings. The fourth-order valence-corrected chi connectivity index (χ4v) is 2.49. The van der Waals surface area contributed by atoms with E-state index in [1.54, 1.807) is 48.5 Å². The van der Waals surface area contributed by atoms with E-state index in [0.717, 1.165) is 12.8 Å². The first-order chi connectivity index (χ1) is 13.2. The maximum atomic E-state index is 12.5. The number of esters is 1. The first-order valence-corrected chi connectivity index (χ1v) is 8.82. The fourth-order valence-electron chi connectivity index (χ4n) is 2.49. The highest BCUT2D eigenvalue weighted by atomic mass is 16.7. The van der Waals surface area contributed by atoms with Gasteiger partial charge < -0.3 is 19.5 Å². The van der Waals surface area contributed by atoms with E-state index in [9.17, 15) is 9.59 Å². The van der Waals surface area contributed by atoms with E-state index in [2.05, 4.69) is 5.32 Å². The molecule has 0 fully saturated rings. The van der Waals surface area contributed by atoms with Crippen molar-refractivity contribution in [2.45, 2.75) is 19.8 Å². The minimum Gasteiger partial charge on any atom is -0.461 e. The van der Waals surface area contributed by atoms with Crippen LogP contribution in [0.5, 0.6) is 11.5 Å². The van der Waals surface area contributed by atoms with Gasteiger partial charge in [-0.25, -0.2) is 4.79 Å². The molecule has 0 saturated carbocycles. The molecule has 0 atom stereocenters. The number of ether oxygens (including phenoxy) is 3. The van der Waals surface area contributed by atoms with Crippen LogP contribution in [0, 0.1) is 0 Å². The van der Waals surface area contributed by atoms with Gasteiger partial charge >= 0.3 is 5.97 Å². The number of nitrogens with one attached hydrogen (secondary N) is 1. The molecule has 6 heteroatoms. The number of fused-ring (bicyclic) bond motifs is 1. The molecular formula is C21H21NO5. The van der Waals surface area contributed by atoms with Crippen LogP contribution >= 0.6 is 0 Å². The molecule has 0 saturated heterocycles. The maximum Gasteiger partial charge on any atom is 0.354 e. The molecule has 27 heavy (non-hydrogen) atoms. The van der Waals surface area contributed by atoms with Gasteiger partial charge in [0.1, 0.15) is 5.70 Å². The predicted octanol–water partition coefficient (Wildman–Crippen LogP) is 3.53. The maximum absolute atomic E-state index is 12.5. The molecule has 0 aromatic heterocycles. The Morgan fingerprint density at radius 1 is 1.11 bits per heavy atom. The van der Waals surface area contributed by atoms with Gasteiger partial charge in [-0.05, 0) is 42.3 Å². The quantitative estimate of drug-likeness (QED) is 0.460. The lowest BCUT2D eigenvalue weighted by Crippen LogP contribution is -2.28. The van der Waals surface area contributed by atoms with Crippen LogP contribution in [0.1, 0.15) is 35.7 Å². The van der Waals surface area contributed by atoms with Gasteiger partial charge in [-0.3, -0.25) is 4.79 Å². The van der Waals surface area contributed by atoms with E-state index in [0.29, 0.717) is 29.2 Å². The number of unbranched alkanes of at least 4 members (excludes halogenated alkanes) is 1. The molecule has 0 bridgehead atoms. The molecule has 140 valence electrons. The summed E-state index contributed by atoms with van der Waals surface area (Å²) in [4.78, 5) is 24.9. The molecule has 1 aliphatic rings. The Hall–Kier alpha value is -3.28. The van der Waals surface area contributed by atoms with Crippen molar-refractivity contribution >= 4 is 18.0 Å². The molecule has 1 aliphatic heterocycles. The van der Waals surface area contributed by atoms with Gasteiger partial charge in [0.05, 0.1) is 6.61 Å². The van der Waals surface area contributed by atoms with Crippen molar-refractivity contribution in [2.24, 2.45) is 0 Å². The second-order valence-corrected chi connectivity index (χ2v) is 5.98. The first-order valence-electron chi connectivity index (χ1n) is 8.82. The number of rotatable bonds is 7. The van der Waals surface area contributed by atoms with Crippen LogP contribution in [-0.4, -0.2) is 25.3 Å². The smallest absolute Gasteiger partial charge is 0.354 e. The number of hydrogen-bond acceptors (Lipinski definition) is 5. The second-order valence-electron chi connectivity index (χ2n) is 5.98. The van der Waals surface area contributed by atoms with Gasteiger partial charge in [-0.2, -0.15) is 0 Å². The molecule has 1 N–H and O–H groups in total. The lowest BCUT2D eigenvalue weighted by molar-refractivity contribution is -0.139. The highest BCUT2D eigenvalue weighted by Gasteiger charge is 2.17. The number of amides is 1. The van der Waals surface area contributed by atoms with Gasteiger partial charge in [-0.1, -0.05) is 37.6 Å². The van der Waals surface area contributed by atoms with E-state index in [1.807, 2.05) is 13.0 Å². The molecule has 6 nitrogen and oxygen atoms in total. The Bertz CT molecular complexity index is 845. The van der Waals surface area contributed by atoms with Gasteiger partial charge in [0.25, 0.3) is 5.91 Å². The minimum atomic E-state index is -0.578. The molecule has 0 unspecified atom stereocenters. The zero-order chi connectivity index (χ0) is 19.1. The van der Waals surface area contributed by atoms with E-state index in [4.69, 9.17) is 14.2 Å². The van der Waals surface area contributed by atoms with Crippen molar-refractivity contribution in [3.63, 3.8) is 0 Å². The summed E-state index contributed by atoms with van der Waals surface area (Å²) in [5.41, 5.74) is 1.21. The van der Waals surface area contributed by atoms with Gasteiger partial charge in [0.15, 0.2) is 11.5 Å². The fraction of sp³-hybridized carbons (Fsp3) is 0.238. The monoisotopic (exact) mass is 367 g/mol. The lowest BCUT2D eigenvalue weighted by atomic mass is 10.1. The molecule has 1 heterocycles. The summed E-state index contributed by atoms with van der Waals surface area (Å²) in [7, 11) is 0. The van der Waals surface area contributed by atoms with Crippen LogP contribution in [0.25, 0.3) is 6.08 Å². The summed E-state index contributed by atoms with van der Waals surface area (Å²) in [5, 5.41) is 2.65. The largest absolute Gasteiger partial charge is 0.461 e. The summed E-state index contributed by atoms with van der Waals surface area (Å²) in [5.74, 6) is 0.282. The van der Waals surface area contributed by atoms with E-state index >= 15 is 0 Å². The zero-order valence-electron chi connectivity index (χ0n) is 15.1. The Labute approximate surface area is 157 Å². The summed E-state index contributed by atoms with van der Waals surface area (Å²) in [6.45, 7) is 2.47. The third-order valence-corrected chi connectivity index (χ3v) is 3.94. The molecule has 2 aromatic carbocycles. The number of benzene rings is 2. The summed E-state index contributed by atoms with van der Waals surface area (Å²) in [6.07, 6.45) is 3.23. The van der Waals surface area contributed by atoms with Crippen LogP contribution in [-0.2, 0) is 9.53 Å².